The minimum Gasteiger partial charge on any atom is -0.396 e. The average Bonchev–Trinajstić information content (AvgIpc) is 2.94. The van der Waals surface area contributed by atoms with E-state index in [9.17, 15) is 8.42 Å². The zero-order valence-corrected chi connectivity index (χ0v) is 13.4. The molecule has 5 nitrogen and oxygen atoms in total. The molecular formula is C14H21ClN2O3S. The molecule has 21 heavy (non-hydrogen) atoms. The van der Waals surface area contributed by atoms with Crippen molar-refractivity contribution >= 4 is 21.6 Å². The molecule has 1 unspecified atom stereocenters. The van der Waals surface area contributed by atoms with E-state index in [1.807, 2.05) is 0 Å². The van der Waals surface area contributed by atoms with Crippen LogP contribution >= 0.6 is 11.6 Å². The largest absolute Gasteiger partial charge is 0.396 e. The van der Waals surface area contributed by atoms with Crippen molar-refractivity contribution in [3.05, 3.63) is 28.8 Å². The minimum atomic E-state index is -3.54. The molecule has 1 aliphatic rings. The molecule has 0 aromatic heterocycles. The lowest BCUT2D eigenvalue weighted by atomic mass is 10.1. The van der Waals surface area contributed by atoms with Gasteiger partial charge in [0, 0.05) is 30.8 Å². The Morgan fingerprint density at radius 2 is 2.19 bits per heavy atom. The van der Waals surface area contributed by atoms with Crippen molar-refractivity contribution in [3.8, 4) is 0 Å². The highest BCUT2D eigenvalue weighted by Gasteiger charge is 2.34. The van der Waals surface area contributed by atoms with Gasteiger partial charge in [-0.05, 0) is 43.4 Å². The molecule has 1 aromatic rings. The molecule has 0 radical (unpaired) electrons. The molecule has 7 heteroatoms. The van der Waals surface area contributed by atoms with Crippen LogP contribution in [0.2, 0.25) is 5.02 Å². The Labute approximate surface area is 130 Å². The maximum Gasteiger partial charge on any atom is 0.243 e. The number of halogens is 1. The third kappa shape index (κ3) is 3.57. The molecule has 118 valence electrons. The molecule has 1 aromatic carbocycles. The van der Waals surface area contributed by atoms with E-state index in [2.05, 4.69) is 0 Å². The zero-order valence-electron chi connectivity index (χ0n) is 11.8. The first-order chi connectivity index (χ1) is 10.0. The van der Waals surface area contributed by atoms with E-state index in [1.54, 1.807) is 12.1 Å². The second-order valence-corrected chi connectivity index (χ2v) is 7.53. The molecule has 0 aliphatic carbocycles. The van der Waals surface area contributed by atoms with Crippen molar-refractivity contribution in [1.29, 1.82) is 0 Å². The Hall–Kier alpha value is -0.660. The highest BCUT2D eigenvalue weighted by atomic mass is 35.5. The lowest BCUT2D eigenvalue weighted by Crippen LogP contribution is -2.35. The van der Waals surface area contributed by atoms with Gasteiger partial charge in [-0.1, -0.05) is 17.7 Å². The normalized spacial score (nSPS) is 20.0. The van der Waals surface area contributed by atoms with Crippen molar-refractivity contribution in [3.63, 3.8) is 0 Å². The minimum absolute atomic E-state index is 0.0323. The summed E-state index contributed by atoms with van der Waals surface area (Å²) in [5.74, 6) is 0. The number of aliphatic hydroxyl groups excluding tert-OH is 1. The first-order valence-electron chi connectivity index (χ1n) is 7.12. The van der Waals surface area contributed by atoms with Crippen LogP contribution in [0, 0.1) is 0 Å². The smallest absolute Gasteiger partial charge is 0.243 e. The lowest BCUT2D eigenvalue weighted by Gasteiger charge is -2.24. The van der Waals surface area contributed by atoms with Crippen LogP contribution in [0.15, 0.2) is 23.1 Å². The Kier molecular flexibility index (Phi) is 5.62. The van der Waals surface area contributed by atoms with Crippen LogP contribution in [0.25, 0.3) is 0 Å². The fourth-order valence-electron chi connectivity index (χ4n) is 2.73. The van der Waals surface area contributed by atoms with Gasteiger partial charge in [-0.2, -0.15) is 4.31 Å². The molecule has 2 rings (SSSR count). The Morgan fingerprint density at radius 1 is 1.43 bits per heavy atom. The van der Waals surface area contributed by atoms with Crippen molar-refractivity contribution in [2.75, 3.05) is 13.2 Å². The molecule has 0 bridgehead atoms. The van der Waals surface area contributed by atoms with Crippen LogP contribution in [0.4, 0.5) is 0 Å². The Morgan fingerprint density at radius 3 is 2.81 bits per heavy atom. The van der Waals surface area contributed by atoms with E-state index in [-0.39, 0.29) is 24.1 Å². The van der Waals surface area contributed by atoms with Gasteiger partial charge in [0.15, 0.2) is 0 Å². The van der Waals surface area contributed by atoms with Gasteiger partial charge >= 0.3 is 0 Å². The number of sulfonamides is 1. The van der Waals surface area contributed by atoms with Crippen molar-refractivity contribution in [2.24, 2.45) is 5.73 Å². The summed E-state index contributed by atoms with van der Waals surface area (Å²) in [5.41, 5.74) is 6.27. The Bertz CT molecular complexity index is 592. The van der Waals surface area contributed by atoms with Gasteiger partial charge in [0.05, 0.1) is 4.90 Å². The number of benzene rings is 1. The average molecular weight is 333 g/mol. The fraction of sp³-hybridized carbons (Fsp3) is 0.571. The molecule has 1 fully saturated rings. The van der Waals surface area contributed by atoms with Gasteiger partial charge in [-0.25, -0.2) is 8.42 Å². The predicted octanol–water partition coefficient (Wildman–Crippen LogP) is 1.72. The highest BCUT2D eigenvalue weighted by molar-refractivity contribution is 7.89. The summed E-state index contributed by atoms with van der Waals surface area (Å²) in [6, 6.07) is 4.66. The van der Waals surface area contributed by atoms with Gasteiger partial charge in [0.1, 0.15) is 0 Å². The monoisotopic (exact) mass is 332 g/mol. The maximum atomic E-state index is 12.7. The van der Waals surface area contributed by atoms with Crippen LogP contribution in [0.3, 0.4) is 0 Å². The van der Waals surface area contributed by atoms with Crippen LogP contribution in [0.1, 0.15) is 31.2 Å². The first kappa shape index (κ1) is 16.7. The number of hydrogen-bond donors (Lipinski definition) is 2. The third-order valence-corrected chi connectivity index (χ3v) is 6.17. The van der Waals surface area contributed by atoms with Gasteiger partial charge in [0.2, 0.25) is 10.0 Å². The SMILES string of the molecule is NCc1ccc(S(=O)(=O)N2CCCC2CCCO)cc1Cl. The van der Waals surface area contributed by atoms with E-state index in [0.29, 0.717) is 24.4 Å². The second-order valence-electron chi connectivity index (χ2n) is 5.23. The standard InChI is InChI=1S/C14H21ClN2O3S/c15-14-9-13(6-5-11(14)10-16)21(19,20)17-7-1-3-12(17)4-2-8-18/h5-6,9,12,18H,1-4,7-8,10,16H2. The summed E-state index contributed by atoms with van der Waals surface area (Å²) >= 11 is 6.07. The van der Waals surface area contributed by atoms with Crippen LogP contribution in [0.5, 0.6) is 0 Å². The summed E-state index contributed by atoms with van der Waals surface area (Å²) in [6.07, 6.45) is 2.99. The van der Waals surface area contributed by atoms with E-state index < -0.39 is 10.0 Å². The quantitative estimate of drug-likeness (QED) is 0.831. The maximum absolute atomic E-state index is 12.7. The van der Waals surface area contributed by atoms with Crippen molar-refractivity contribution in [2.45, 2.75) is 43.2 Å². The van der Waals surface area contributed by atoms with Crippen LogP contribution < -0.4 is 5.73 Å². The van der Waals surface area contributed by atoms with E-state index in [1.165, 1.54) is 10.4 Å². The molecule has 0 spiro atoms. The number of hydrogen-bond acceptors (Lipinski definition) is 4. The summed E-state index contributed by atoms with van der Waals surface area (Å²) in [7, 11) is -3.54. The van der Waals surface area contributed by atoms with Gasteiger partial charge in [-0.3, -0.25) is 0 Å². The van der Waals surface area contributed by atoms with Crippen LogP contribution in [-0.4, -0.2) is 37.0 Å². The first-order valence-corrected chi connectivity index (χ1v) is 8.93. The molecular weight excluding hydrogens is 312 g/mol. The molecule has 3 N–H and O–H groups in total. The molecule has 0 amide bonds. The van der Waals surface area contributed by atoms with Gasteiger partial charge in [-0.15, -0.1) is 0 Å². The van der Waals surface area contributed by atoms with E-state index in [0.717, 1.165) is 18.4 Å². The second kappa shape index (κ2) is 7.07. The lowest BCUT2D eigenvalue weighted by molar-refractivity contribution is 0.264. The number of nitrogens with zero attached hydrogens (tertiary/aromatic N) is 1. The molecule has 1 aliphatic heterocycles. The van der Waals surface area contributed by atoms with Gasteiger partial charge < -0.3 is 10.8 Å². The van der Waals surface area contributed by atoms with Crippen LogP contribution in [-0.2, 0) is 16.6 Å². The summed E-state index contributed by atoms with van der Waals surface area (Å²) in [6.45, 7) is 0.887. The topological polar surface area (TPSA) is 83.6 Å². The fourth-order valence-corrected chi connectivity index (χ4v) is 4.80. The van der Waals surface area contributed by atoms with Gasteiger partial charge in [0.25, 0.3) is 0 Å². The molecule has 1 atom stereocenters. The number of rotatable bonds is 6. The van der Waals surface area contributed by atoms with E-state index in [4.69, 9.17) is 22.4 Å². The van der Waals surface area contributed by atoms with E-state index >= 15 is 0 Å². The number of aliphatic hydroxyl groups is 1. The number of nitrogens with two attached hydrogens (primary N) is 1. The predicted molar refractivity (Wildman–Crippen MR) is 82.6 cm³/mol. The summed E-state index contributed by atoms with van der Waals surface area (Å²) in [5, 5.41) is 9.31. The molecule has 1 heterocycles. The van der Waals surface area contributed by atoms with Crippen molar-refractivity contribution in [1.82, 2.24) is 4.31 Å². The molecule has 1 saturated heterocycles. The third-order valence-electron chi connectivity index (χ3n) is 3.87. The Balaban J connectivity index is 2.26. The molecule has 0 saturated carbocycles. The summed E-state index contributed by atoms with van der Waals surface area (Å²) < 4.78 is 27.0. The van der Waals surface area contributed by atoms with Crippen molar-refractivity contribution < 1.29 is 13.5 Å². The zero-order chi connectivity index (χ0) is 15.5. The highest BCUT2D eigenvalue weighted by Crippen LogP contribution is 2.30. The summed E-state index contributed by atoms with van der Waals surface area (Å²) in [4.78, 5) is 0.209.